The summed E-state index contributed by atoms with van der Waals surface area (Å²) in [5, 5.41) is 0. The van der Waals surface area contributed by atoms with E-state index in [1.54, 1.807) is 0 Å². The van der Waals surface area contributed by atoms with Crippen molar-refractivity contribution in [3.63, 3.8) is 0 Å². The van der Waals surface area contributed by atoms with E-state index in [2.05, 4.69) is 13.8 Å². The second-order valence-corrected chi connectivity index (χ2v) is 11.8. The van der Waals surface area contributed by atoms with Crippen molar-refractivity contribution < 1.29 is 19.1 Å². The minimum Gasteiger partial charge on any atom is -0.459 e. The molecule has 160 valence electrons. The smallest absolute Gasteiger partial charge is 0.351 e. The Morgan fingerprint density at radius 2 is 1.72 bits per heavy atom. The first-order chi connectivity index (χ1) is 13.8. The molecule has 0 amide bonds. The van der Waals surface area contributed by atoms with Gasteiger partial charge in [0.15, 0.2) is 0 Å². The molecule has 6 fully saturated rings. The van der Waals surface area contributed by atoms with Gasteiger partial charge in [-0.3, -0.25) is 4.79 Å². The van der Waals surface area contributed by atoms with E-state index in [1.165, 1.54) is 38.5 Å². The number of carbonyl (C=O) groups is 2. The SMILES string of the molecule is C[C@]12CC[C@H](N)C[C@@H]1CC[C@@H]1[C@@H]2CC[C@@]2(C)[C@H]1C[C@@H]1OC(=O)[C@]3(CCC(=O)O3)[C@@H]12. The highest BCUT2D eigenvalue weighted by Gasteiger charge is 2.74. The molecule has 5 nitrogen and oxygen atoms in total. The maximum atomic E-state index is 12.8. The minimum atomic E-state index is -0.989. The normalized spacial score (nSPS) is 58.2. The fraction of sp³-hybridized carbons (Fsp3) is 0.917. The molecule has 5 heteroatoms. The first kappa shape index (κ1) is 18.7. The molecule has 4 saturated carbocycles. The molecule has 2 N–H and O–H groups in total. The highest BCUT2D eigenvalue weighted by molar-refractivity contribution is 5.89. The second kappa shape index (κ2) is 5.77. The van der Waals surface area contributed by atoms with Gasteiger partial charge in [0.1, 0.15) is 6.10 Å². The molecule has 10 atom stereocenters. The van der Waals surface area contributed by atoms with Gasteiger partial charge >= 0.3 is 11.9 Å². The molecule has 2 saturated heterocycles. The second-order valence-electron chi connectivity index (χ2n) is 11.8. The van der Waals surface area contributed by atoms with Crippen LogP contribution >= 0.6 is 0 Å². The van der Waals surface area contributed by atoms with Gasteiger partial charge in [0.25, 0.3) is 0 Å². The Morgan fingerprint density at radius 1 is 0.931 bits per heavy atom. The van der Waals surface area contributed by atoms with E-state index in [0.29, 0.717) is 36.1 Å². The zero-order valence-electron chi connectivity index (χ0n) is 17.8. The number of fused-ring (bicyclic) bond motifs is 8. The summed E-state index contributed by atoms with van der Waals surface area (Å²) >= 11 is 0. The quantitative estimate of drug-likeness (QED) is 0.628. The molecule has 2 aliphatic heterocycles. The van der Waals surface area contributed by atoms with Crippen molar-refractivity contribution >= 4 is 11.9 Å². The third-order valence-electron chi connectivity index (χ3n) is 10.8. The Balaban J connectivity index is 1.34. The van der Waals surface area contributed by atoms with Gasteiger partial charge in [0, 0.05) is 18.9 Å². The maximum absolute atomic E-state index is 12.8. The number of nitrogens with two attached hydrogens (primary N) is 1. The van der Waals surface area contributed by atoms with Crippen LogP contribution in [0.4, 0.5) is 0 Å². The maximum Gasteiger partial charge on any atom is 0.351 e. The van der Waals surface area contributed by atoms with E-state index in [4.69, 9.17) is 15.2 Å². The lowest BCUT2D eigenvalue weighted by molar-refractivity contribution is -0.175. The van der Waals surface area contributed by atoms with Crippen LogP contribution in [0.1, 0.15) is 78.1 Å². The summed E-state index contributed by atoms with van der Waals surface area (Å²) in [6.07, 6.45) is 10.4. The molecule has 2 heterocycles. The summed E-state index contributed by atoms with van der Waals surface area (Å²) in [7, 11) is 0. The average molecular weight is 402 g/mol. The summed E-state index contributed by atoms with van der Waals surface area (Å²) in [6.45, 7) is 4.94. The Labute approximate surface area is 173 Å². The van der Waals surface area contributed by atoms with Crippen molar-refractivity contribution in [2.75, 3.05) is 0 Å². The molecule has 4 aliphatic carbocycles. The topological polar surface area (TPSA) is 78.6 Å². The number of carbonyl (C=O) groups excluding carboxylic acids is 2. The van der Waals surface area contributed by atoms with Gasteiger partial charge in [0.05, 0.1) is 5.92 Å². The molecule has 0 aromatic rings. The van der Waals surface area contributed by atoms with Crippen LogP contribution in [0.3, 0.4) is 0 Å². The van der Waals surface area contributed by atoms with Gasteiger partial charge in [-0.1, -0.05) is 13.8 Å². The molecule has 6 aliphatic rings. The van der Waals surface area contributed by atoms with E-state index in [0.717, 1.165) is 24.7 Å². The minimum absolute atomic E-state index is 0.0386. The number of hydrogen-bond acceptors (Lipinski definition) is 5. The zero-order valence-corrected chi connectivity index (χ0v) is 17.8. The van der Waals surface area contributed by atoms with Crippen molar-refractivity contribution in [2.45, 2.75) is 95.8 Å². The van der Waals surface area contributed by atoms with Crippen LogP contribution in [-0.4, -0.2) is 29.7 Å². The lowest BCUT2D eigenvalue weighted by Crippen LogP contribution is -2.56. The molecule has 0 radical (unpaired) electrons. The molecular formula is C24H35NO4. The van der Waals surface area contributed by atoms with Gasteiger partial charge in [-0.2, -0.15) is 0 Å². The molecule has 0 bridgehead atoms. The largest absolute Gasteiger partial charge is 0.459 e. The molecule has 6 rings (SSSR count). The third kappa shape index (κ3) is 2.21. The fourth-order valence-corrected chi connectivity index (χ4v) is 9.55. The van der Waals surface area contributed by atoms with E-state index in [9.17, 15) is 9.59 Å². The molecule has 0 aromatic heterocycles. The molecule has 1 spiro atoms. The van der Waals surface area contributed by atoms with Crippen LogP contribution in [0.2, 0.25) is 0 Å². The number of esters is 2. The first-order valence-electron chi connectivity index (χ1n) is 12.0. The van der Waals surface area contributed by atoms with Crippen LogP contribution in [0.25, 0.3) is 0 Å². The van der Waals surface area contributed by atoms with Crippen molar-refractivity contribution in [1.82, 2.24) is 0 Å². The molecular weight excluding hydrogens is 366 g/mol. The van der Waals surface area contributed by atoms with E-state index in [1.807, 2.05) is 0 Å². The molecule has 0 unspecified atom stereocenters. The third-order valence-corrected chi connectivity index (χ3v) is 10.8. The van der Waals surface area contributed by atoms with Crippen molar-refractivity contribution in [3.05, 3.63) is 0 Å². The monoisotopic (exact) mass is 401 g/mol. The lowest BCUT2D eigenvalue weighted by Gasteiger charge is -2.61. The van der Waals surface area contributed by atoms with Crippen LogP contribution in [0.15, 0.2) is 0 Å². The predicted molar refractivity (Wildman–Crippen MR) is 107 cm³/mol. The Hall–Kier alpha value is -1.10. The number of ether oxygens (including phenoxy) is 2. The van der Waals surface area contributed by atoms with Crippen LogP contribution in [-0.2, 0) is 19.1 Å². The Bertz CT molecular complexity index is 768. The van der Waals surface area contributed by atoms with Gasteiger partial charge in [0.2, 0.25) is 5.60 Å². The highest BCUT2D eigenvalue weighted by atomic mass is 16.6. The highest BCUT2D eigenvalue weighted by Crippen LogP contribution is 2.71. The predicted octanol–water partition coefficient (Wildman–Crippen LogP) is 3.58. The van der Waals surface area contributed by atoms with Crippen LogP contribution in [0, 0.1) is 40.4 Å². The van der Waals surface area contributed by atoms with E-state index < -0.39 is 5.60 Å². The summed E-state index contributed by atoms with van der Waals surface area (Å²) in [5.41, 5.74) is 5.81. The Kier molecular flexibility index (Phi) is 3.71. The first-order valence-corrected chi connectivity index (χ1v) is 12.0. The Morgan fingerprint density at radius 3 is 2.48 bits per heavy atom. The van der Waals surface area contributed by atoms with Crippen LogP contribution < -0.4 is 5.73 Å². The lowest BCUT2D eigenvalue weighted by atomic mass is 9.44. The summed E-state index contributed by atoms with van der Waals surface area (Å²) < 4.78 is 11.7. The summed E-state index contributed by atoms with van der Waals surface area (Å²) in [4.78, 5) is 24.8. The van der Waals surface area contributed by atoms with Gasteiger partial charge in [-0.05, 0) is 85.9 Å². The van der Waals surface area contributed by atoms with Crippen molar-refractivity contribution in [3.8, 4) is 0 Å². The summed E-state index contributed by atoms with van der Waals surface area (Å²) in [5.74, 6) is 2.38. The average Bonchev–Trinajstić information content (AvgIpc) is 3.28. The fourth-order valence-electron chi connectivity index (χ4n) is 9.55. The van der Waals surface area contributed by atoms with E-state index in [-0.39, 0.29) is 29.4 Å². The van der Waals surface area contributed by atoms with Gasteiger partial charge < -0.3 is 15.2 Å². The van der Waals surface area contributed by atoms with Crippen LogP contribution in [0.5, 0.6) is 0 Å². The van der Waals surface area contributed by atoms with E-state index >= 15 is 0 Å². The molecule has 29 heavy (non-hydrogen) atoms. The van der Waals surface area contributed by atoms with Crippen molar-refractivity contribution in [2.24, 2.45) is 46.2 Å². The summed E-state index contributed by atoms with van der Waals surface area (Å²) in [6, 6.07) is 0.389. The number of hydrogen-bond donors (Lipinski definition) is 1. The van der Waals surface area contributed by atoms with Gasteiger partial charge in [-0.15, -0.1) is 0 Å². The molecule has 0 aromatic carbocycles. The zero-order chi connectivity index (χ0) is 20.2. The standard InChI is InChI=1S/C24H35NO4/c1-22-8-5-14(25)11-13(22)3-4-15-16(22)6-9-23(2)17(15)12-18-20(23)24(21(27)28-18)10-7-19(26)29-24/h13-18,20H,3-12,25H2,1-2H3/t13-,14-,15+,16-,17-,18-,20-,22-,23-,24-/m0/s1. The number of rotatable bonds is 0. The van der Waals surface area contributed by atoms with Crippen molar-refractivity contribution in [1.29, 1.82) is 0 Å². The van der Waals surface area contributed by atoms with Gasteiger partial charge in [-0.25, -0.2) is 4.79 Å².